The molecule has 1 unspecified atom stereocenters. The SMILES string of the molecule is O=C(NO)C1(NS(=O)(=O)N2CCCCC2Oc2ccccc2)CCCC1. The fourth-order valence-electron chi connectivity index (χ4n) is 3.69. The fraction of sp³-hybridized carbons (Fsp3) is 0.588. The number of benzene rings is 1. The summed E-state index contributed by atoms with van der Waals surface area (Å²) in [5.41, 5.74) is 0.305. The van der Waals surface area contributed by atoms with Gasteiger partial charge >= 0.3 is 0 Å². The highest BCUT2D eigenvalue weighted by molar-refractivity contribution is 7.87. The molecule has 9 heteroatoms. The first kappa shape index (κ1) is 19.1. The number of rotatable bonds is 6. The largest absolute Gasteiger partial charge is 0.474 e. The molecule has 2 fully saturated rings. The molecule has 0 radical (unpaired) electrons. The molecule has 26 heavy (non-hydrogen) atoms. The summed E-state index contributed by atoms with van der Waals surface area (Å²) in [6.07, 6.45) is 3.71. The second-order valence-electron chi connectivity index (χ2n) is 6.83. The summed E-state index contributed by atoms with van der Waals surface area (Å²) in [6, 6.07) is 9.08. The summed E-state index contributed by atoms with van der Waals surface area (Å²) >= 11 is 0. The Morgan fingerprint density at radius 1 is 1.15 bits per heavy atom. The standard InChI is InChI=1S/C17H25N3O5S/c21-16(18-22)17(11-5-6-12-17)19-26(23,24)20-13-7-4-10-15(20)25-14-8-2-1-3-9-14/h1-3,8-9,15,19,22H,4-7,10-13H2,(H,18,21). The van der Waals surface area contributed by atoms with Crippen LogP contribution in [0.3, 0.4) is 0 Å². The minimum absolute atomic E-state index is 0.323. The number of hydrogen-bond acceptors (Lipinski definition) is 5. The van der Waals surface area contributed by atoms with Gasteiger partial charge in [-0.3, -0.25) is 10.0 Å². The summed E-state index contributed by atoms with van der Waals surface area (Å²) in [4.78, 5) is 12.1. The van der Waals surface area contributed by atoms with Gasteiger partial charge in [0.05, 0.1) is 0 Å². The van der Waals surface area contributed by atoms with Crippen LogP contribution in [0.2, 0.25) is 0 Å². The predicted molar refractivity (Wildman–Crippen MR) is 94.6 cm³/mol. The molecule has 1 saturated heterocycles. The molecular formula is C17H25N3O5S. The van der Waals surface area contributed by atoms with Crippen LogP contribution < -0.4 is 14.9 Å². The molecule has 0 aromatic heterocycles. The van der Waals surface area contributed by atoms with Crippen LogP contribution >= 0.6 is 0 Å². The monoisotopic (exact) mass is 383 g/mol. The van der Waals surface area contributed by atoms with Gasteiger partial charge in [0.15, 0.2) is 6.23 Å². The van der Waals surface area contributed by atoms with Gasteiger partial charge in [-0.2, -0.15) is 17.4 Å². The van der Waals surface area contributed by atoms with Gasteiger partial charge < -0.3 is 4.74 Å². The summed E-state index contributed by atoms with van der Waals surface area (Å²) in [7, 11) is -3.96. The number of ether oxygens (including phenoxy) is 1. The van der Waals surface area contributed by atoms with Crippen LogP contribution in [0.25, 0.3) is 0 Å². The minimum Gasteiger partial charge on any atom is -0.474 e. The van der Waals surface area contributed by atoms with E-state index in [2.05, 4.69) is 4.72 Å². The minimum atomic E-state index is -3.96. The average molecular weight is 383 g/mol. The molecule has 0 bridgehead atoms. The summed E-state index contributed by atoms with van der Waals surface area (Å²) in [6.45, 7) is 0.323. The lowest BCUT2D eigenvalue weighted by molar-refractivity contribution is -0.135. The van der Waals surface area contributed by atoms with Gasteiger partial charge in [-0.05, 0) is 44.2 Å². The smallest absolute Gasteiger partial charge is 0.283 e. The molecule has 1 saturated carbocycles. The number of hydroxylamine groups is 1. The number of piperidine rings is 1. The van der Waals surface area contributed by atoms with Crippen molar-refractivity contribution < 1.29 is 23.2 Å². The van der Waals surface area contributed by atoms with Gasteiger partial charge in [-0.25, -0.2) is 5.48 Å². The van der Waals surface area contributed by atoms with Crippen molar-refractivity contribution in [3.63, 3.8) is 0 Å². The average Bonchev–Trinajstić information content (AvgIpc) is 3.11. The van der Waals surface area contributed by atoms with Crippen LogP contribution in [0, 0.1) is 0 Å². The van der Waals surface area contributed by atoms with E-state index in [9.17, 15) is 13.2 Å². The molecule has 1 heterocycles. The third-order valence-electron chi connectivity index (χ3n) is 5.04. The van der Waals surface area contributed by atoms with Crippen LogP contribution in [-0.2, 0) is 15.0 Å². The number of para-hydroxylation sites is 1. The van der Waals surface area contributed by atoms with E-state index in [1.165, 1.54) is 4.31 Å². The van der Waals surface area contributed by atoms with E-state index in [4.69, 9.17) is 9.94 Å². The normalized spacial score (nSPS) is 23.5. The third-order valence-corrected chi connectivity index (χ3v) is 6.73. The van der Waals surface area contributed by atoms with Crippen LogP contribution in [0.4, 0.5) is 0 Å². The van der Waals surface area contributed by atoms with Gasteiger partial charge in [-0.1, -0.05) is 31.0 Å². The molecule has 3 rings (SSSR count). The molecule has 2 aliphatic rings. The zero-order valence-corrected chi connectivity index (χ0v) is 15.4. The lowest BCUT2D eigenvalue weighted by Crippen LogP contribution is -2.61. The fourth-order valence-corrected chi connectivity index (χ4v) is 5.43. The zero-order valence-electron chi connectivity index (χ0n) is 14.6. The number of nitrogens with one attached hydrogen (secondary N) is 2. The first-order valence-corrected chi connectivity index (χ1v) is 10.4. The molecular weight excluding hydrogens is 358 g/mol. The van der Waals surface area contributed by atoms with Gasteiger partial charge in [0, 0.05) is 6.54 Å². The van der Waals surface area contributed by atoms with Crippen molar-refractivity contribution >= 4 is 16.1 Å². The van der Waals surface area contributed by atoms with Crippen molar-refractivity contribution in [2.24, 2.45) is 0 Å². The van der Waals surface area contributed by atoms with E-state index >= 15 is 0 Å². The Kier molecular flexibility index (Phi) is 5.81. The molecule has 1 amide bonds. The number of hydrogen-bond donors (Lipinski definition) is 3. The second kappa shape index (κ2) is 7.91. The maximum Gasteiger partial charge on any atom is 0.283 e. The first-order chi connectivity index (χ1) is 12.5. The summed E-state index contributed by atoms with van der Waals surface area (Å²) in [5, 5.41) is 9.04. The Morgan fingerprint density at radius 2 is 1.85 bits per heavy atom. The van der Waals surface area contributed by atoms with Gasteiger partial charge in [-0.15, -0.1) is 0 Å². The van der Waals surface area contributed by atoms with E-state index < -0.39 is 27.9 Å². The molecule has 1 aliphatic heterocycles. The van der Waals surface area contributed by atoms with Crippen LogP contribution in [0.1, 0.15) is 44.9 Å². The maximum atomic E-state index is 13.0. The van der Waals surface area contributed by atoms with E-state index in [0.29, 0.717) is 31.6 Å². The lowest BCUT2D eigenvalue weighted by Gasteiger charge is -2.37. The Labute approximate surface area is 153 Å². The number of carbonyl (C=O) groups is 1. The Balaban J connectivity index is 1.80. The van der Waals surface area contributed by atoms with Crippen molar-refractivity contribution in [2.45, 2.75) is 56.7 Å². The molecule has 3 N–H and O–H groups in total. The van der Waals surface area contributed by atoms with Crippen LogP contribution in [-0.4, -0.2) is 42.1 Å². The predicted octanol–water partition coefficient (Wildman–Crippen LogP) is 1.53. The molecule has 1 aromatic rings. The van der Waals surface area contributed by atoms with Crippen molar-refractivity contribution in [3.8, 4) is 5.75 Å². The van der Waals surface area contributed by atoms with E-state index in [1.807, 2.05) is 18.2 Å². The summed E-state index contributed by atoms with van der Waals surface area (Å²) in [5.74, 6) is -0.112. The van der Waals surface area contributed by atoms with E-state index in [1.54, 1.807) is 17.6 Å². The topological polar surface area (TPSA) is 108 Å². The van der Waals surface area contributed by atoms with Crippen molar-refractivity contribution in [3.05, 3.63) is 30.3 Å². The lowest BCUT2D eigenvalue weighted by atomic mass is 9.99. The van der Waals surface area contributed by atoms with Crippen molar-refractivity contribution in [2.75, 3.05) is 6.54 Å². The Morgan fingerprint density at radius 3 is 2.50 bits per heavy atom. The van der Waals surface area contributed by atoms with E-state index in [0.717, 1.165) is 25.7 Å². The van der Waals surface area contributed by atoms with Gasteiger partial charge in [0.25, 0.3) is 16.1 Å². The van der Waals surface area contributed by atoms with Crippen molar-refractivity contribution in [1.82, 2.24) is 14.5 Å². The second-order valence-corrected chi connectivity index (χ2v) is 8.45. The number of nitrogens with zero attached hydrogens (tertiary/aromatic N) is 1. The molecule has 0 spiro atoms. The molecule has 1 aliphatic carbocycles. The number of carbonyl (C=O) groups excluding carboxylic acids is 1. The molecule has 8 nitrogen and oxygen atoms in total. The van der Waals surface area contributed by atoms with Crippen LogP contribution in [0.5, 0.6) is 5.75 Å². The molecule has 144 valence electrons. The third kappa shape index (κ3) is 4.01. The van der Waals surface area contributed by atoms with Crippen LogP contribution in [0.15, 0.2) is 30.3 Å². The van der Waals surface area contributed by atoms with Crippen molar-refractivity contribution in [1.29, 1.82) is 0 Å². The molecule has 1 atom stereocenters. The Hall–Kier alpha value is -1.68. The number of amides is 1. The first-order valence-electron chi connectivity index (χ1n) is 8.94. The van der Waals surface area contributed by atoms with Gasteiger partial charge in [0.1, 0.15) is 11.3 Å². The summed E-state index contributed by atoms with van der Waals surface area (Å²) < 4.78 is 35.8. The zero-order chi connectivity index (χ0) is 18.6. The highest BCUT2D eigenvalue weighted by Crippen LogP contribution is 2.32. The highest BCUT2D eigenvalue weighted by Gasteiger charge is 2.47. The molecule has 1 aromatic carbocycles. The van der Waals surface area contributed by atoms with Gasteiger partial charge in [0.2, 0.25) is 0 Å². The maximum absolute atomic E-state index is 13.0. The Bertz CT molecular complexity index is 719. The van der Waals surface area contributed by atoms with E-state index in [-0.39, 0.29) is 0 Å². The highest BCUT2D eigenvalue weighted by atomic mass is 32.2. The quantitative estimate of drug-likeness (QED) is 0.510.